The van der Waals surface area contributed by atoms with Gasteiger partial charge >= 0.3 is 12.1 Å². The lowest BCUT2D eigenvalue weighted by molar-refractivity contribution is -0.143. The molecule has 2 aromatic heterocycles. The number of anilines is 1. The van der Waals surface area contributed by atoms with Crippen molar-refractivity contribution in [3.8, 4) is 11.3 Å². The number of benzene rings is 2. The van der Waals surface area contributed by atoms with Crippen LogP contribution in [0, 0.1) is 11.6 Å². The van der Waals surface area contributed by atoms with Crippen molar-refractivity contribution in [3.05, 3.63) is 89.2 Å². The Hall–Kier alpha value is -4.61. The first-order valence-corrected chi connectivity index (χ1v) is 13.9. The Morgan fingerprint density at radius 1 is 0.977 bits per heavy atom. The van der Waals surface area contributed by atoms with Crippen LogP contribution in [0.4, 0.5) is 27.6 Å². The van der Waals surface area contributed by atoms with Crippen LogP contribution in [0.25, 0.3) is 22.2 Å². The fraction of sp³-hybridized carbons (Fsp3) is 0.312. The third kappa shape index (κ3) is 6.95. The second-order valence-electron chi connectivity index (χ2n) is 10.5. The van der Waals surface area contributed by atoms with Crippen molar-refractivity contribution < 1.29 is 36.3 Å². The molecular formula is C32H31F5N4O3. The molecule has 7 nitrogen and oxygen atoms in total. The minimum atomic E-state index is -4.66. The van der Waals surface area contributed by atoms with Crippen LogP contribution in [-0.4, -0.2) is 47.2 Å². The molecule has 0 aliphatic carbocycles. The Morgan fingerprint density at radius 3 is 2.25 bits per heavy atom. The molecule has 4 aromatic rings. The summed E-state index contributed by atoms with van der Waals surface area (Å²) in [4.78, 5) is 34.9. The quantitative estimate of drug-likeness (QED) is 0.148. The average molecular weight is 615 g/mol. The van der Waals surface area contributed by atoms with Gasteiger partial charge in [-0.05, 0) is 47.7 Å². The first-order valence-electron chi connectivity index (χ1n) is 13.9. The van der Waals surface area contributed by atoms with Crippen LogP contribution in [0.2, 0.25) is 0 Å². The van der Waals surface area contributed by atoms with Gasteiger partial charge in [-0.3, -0.25) is 14.8 Å². The van der Waals surface area contributed by atoms with Crippen LogP contribution in [0.1, 0.15) is 54.6 Å². The van der Waals surface area contributed by atoms with Crippen LogP contribution in [0.15, 0.2) is 60.9 Å². The molecule has 4 rings (SSSR count). The summed E-state index contributed by atoms with van der Waals surface area (Å²) < 4.78 is 74.1. The molecule has 1 amide bonds. The monoisotopic (exact) mass is 614 g/mol. The van der Waals surface area contributed by atoms with Crippen molar-refractivity contribution in [2.45, 2.75) is 57.8 Å². The summed E-state index contributed by atoms with van der Waals surface area (Å²) in [5, 5.41) is 5.02. The molecule has 0 aliphatic rings. The number of halogens is 5. The van der Waals surface area contributed by atoms with Gasteiger partial charge in [-0.25, -0.2) is 13.6 Å². The lowest BCUT2D eigenvalue weighted by atomic mass is 9.93. The SMILES string of the molecule is CC[C@@H](Nc1cc(F)c(C(=O)N[C@@H](Cc2ccc(-c3ncccc3C(C)C)c3ncccc23)C(=O)OC)c(F)c1)C(F)(F)F. The number of alkyl halides is 3. The zero-order chi connectivity index (χ0) is 32.2. The molecule has 2 aromatic carbocycles. The molecule has 0 saturated carbocycles. The van der Waals surface area contributed by atoms with Crippen molar-refractivity contribution in [2.75, 3.05) is 12.4 Å². The number of hydrogen-bond donors (Lipinski definition) is 2. The molecule has 12 heteroatoms. The fourth-order valence-electron chi connectivity index (χ4n) is 4.99. The number of carbonyl (C=O) groups is 2. The Morgan fingerprint density at radius 2 is 1.64 bits per heavy atom. The van der Waals surface area contributed by atoms with E-state index in [0.717, 1.165) is 23.9 Å². The summed E-state index contributed by atoms with van der Waals surface area (Å²) >= 11 is 0. The molecule has 0 aliphatic heterocycles. The topological polar surface area (TPSA) is 93.2 Å². The van der Waals surface area contributed by atoms with Gasteiger partial charge in [0.2, 0.25) is 0 Å². The standard InChI is InChI=1S/C32H31F5N4O3/c1-5-26(32(35,36)37)40-19-15-23(33)27(24(34)16-19)30(42)41-25(31(43)44-4)14-18-10-11-22(29-21(18)9-7-13-39-29)28-20(17(2)3)8-6-12-38-28/h6-13,15-17,25-26,40H,5,14H2,1-4H3,(H,41,42)/t25-,26+/m0/s1. The van der Waals surface area contributed by atoms with Gasteiger partial charge in [-0.15, -0.1) is 0 Å². The highest BCUT2D eigenvalue weighted by Crippen LogP contribution is 2.34. The summed E-state index contributed by atoms with van der Waals surface area (Å²) in [6.07, 6.45) is -1.85. The molecule has 44 heavy (non-hydrogen) atoms. The molecule has 0 unspecified atom stereocenters. The lowest BCUT2D eigenvalue weighted by Crippen LogP contribution is -2.43. The van der Waals surface area contributed by atoms with E-state index in [2.05, 4.69) is 15.3 Å². The minimum Gasteiger partial charge on any atom is -0.467 e. The number of amides is 1. The molecule has 0 radical (unpaired) electrons. The van der Waals surface area contributed by atoms with E-state index >= 15 is 0 Å². The number of pyridine rings is 2. The number of hydrogen-bond acceptors (Lipinski definition) is 6. The van der Waals surface area contributed by atoms with Gasteiger partial charge in [0.15, 0.2) is 0 Å². The van der Waals surface area contributed by atoms with Crippen molar-refractivity contribution in [2.24, 2.45) is 0 Å². The maximum absolute atomic E-state index is 14.9. The van der Waals surface area contributed by atoms with Crippen molar-refractivity contribution in [1.82, 2.24) is 15.3 Å². The lowest BCUT2D eigenvalue weighted by Gasteiger charge is -2.22. The van der Waals surface area contributed by atoms with Gasteiger partial charge in [-0.2, -0.15) is 13.2 Å². The highest BCUT2D eigenvalue weighted by Gasteiger charge is 2.38. The summed E-state index contributed by atoms with van der Waals surface area (Å²) in [6, 6.07) is 8.70. The van der Waals surface area contributed by atoms with E-state index < -0.39 is 53.0 Å². The molecule has 2 atom stereocenters. The smallest absolute Gasteiger partial charge is 0.408 e. The minimum absolute atomic E-state index is 0.118. The van der Waals surface area contributed by atoms with Crippen LogP contribution < -0.4 is 10.6 Å². The zero-order valence-electron chi connectivity index (χ0n) is 24.4. The van der Waals surface area contributed by atoms with Crippen molar-refractivity contribution >= 4 is 28.5 Å². The van der Waals surface area contributed by atoms with E-state index in [1.165, 1.54) is 6.92 Å². The predicted molar refractivity (Wildman–Crippen MR) is 156 cm³/mol. The maximum atomic E-state index is 14.9. The fourth-order valence-corrected chi connectivity index (χ4v) is 4.99. The van der Waals surface area contributed by atoms with Gasteiger partial charge in [-0.1, -0.05) is 45.0 Å². The van der Waals surface area contributed by atoms with Gasteiger partial charge in [0, 0.05) is 35.5 Å². The average Bonchev–Trinajstić information content (AvgIpc) is 2.98. The maximum Gasteiger partial charge on any atom is 0.408 e. The molecule has 0 saturated heterocycles. The molecule has 0 bridgehead atoms. The molecule has 0 fully saturated rings. The number of methoxy groups -OCH3 is 1. The number of carbonyl (C=O) groups excluding carboxylic acids is 2. The van der Waals surface area contributed by atoms with Crippen LogP contribution in [0.5, 0.6) is 0 Å². The van der Waals surface area contributed by atoms with E-state index in [-0.39, 0.29) is 18.8 Å². The molecular weight excluding hydrogens is 583 g/mol. The number of ether oxygens (including phenoxy) is 1. The van der Waals surface area contributed by atoms with Gasteiger partial charge < -0.3 is 15.4 Å². The number of rotatable bonds is 10. The van der Waals surface area contributed by atoms with Crippen molar-refractivity contribution in [1.29, 1.82) is 0 Å². The van der Waals surface area contributed by atoms with Gasteiger partial charge in [0.25, 0.3) is 5.91 Å². The first-order chi connectivity index (χ1) is 20.8. The summed E-state index contributed by atoms with van der Waals surface area (Å²) in [5.74, 6) is -4.78. The number of aromatic nitrogens is 2. The third-order valence-electron chi connectivity index (χ3n) is 7.20. The Labute approximate surface area is 250 Å². The second-order valence-corrected chi connectivity index (χ2v) is 10.5. The van der Waals surface area contributed by atoms with E-state index in [4.69, 9.17) is 4.74 Å². The molecule has 2 heterocycles. The Kier molecular flexibility index (Phi) is 9.81. The van der Waals surface area contributed by atoms with Gasteiger partial charge in [0.05, 0.1) is 18.3 Å². The Bertz CT molecular complexity index is 1650. The number of esters is 1. The van der Waals surface area contributed by atoms with E-state index in [1.54, 1.807) is 30.6 Å². The third-order valence-corrected chi connectivity index (χ3v) is 7.20. The van der Waals surface area contributed by atoms with E-state index in [9.17, 15) is 31.5 Å². The molecule has 232 valence electrons. The predicted octanol–water partition coefficient (Wildman–Crippen LogP) is 6.97. The molecule has 0 spiro atoms. The van der Waals surface area contributed by atoms with Crippen LogP contribution >= 0.6 is 0 Å². The normalized spacial score (nSPS) is 13.0. The number of nitrogens with one attached hydrogen (secondary N) is 2. The highest BCUT2D eigenvalue weighted by atomic mass is 19.4. The number of fused-ring (bicyclic) bond motifs is 1. The highest BCUT2D eigenvalue weighted by molar-refractivity contribution is 5.99. The number of nitrogens with zero attached hydrogens (tertiary/aromatic N) is 2. The summed E-state index contributed by atoms with van der Waals surface area (Å²) in [5.41, 5.74) is 2.18. The second kappa shape index (κ2) is 13.4. The first kappa shape index (κ1) is 32.3. The van der Waals surface area contributed by atoms with Crippen LogP contribution in [0.3, 0.4) is 0 Å². The largest absolute Gasteiger partial charge is 0.467 e. The summed E-state index contributed by atoms with van der Waals surface area (Å²) in [7, 11) is 1.10. The molecule has 2 N–H and O–H groups in total. The Balaban J connectivity index is 1.65. The zero-order valence-corrected chi connectivity index (χ0v) is 24.4. The van der Waals surface area contributed by atoms with E-state index in [0.29, 0.717) is 28.6 Å². The van der Waals surface area contributed by atoms with Crippen LogP contribution in [-0.2, 0) is 16.0 Å². The summed E-state index contributed by atoms with van der Waals surface area (Å²) in [6.45, 7) is 5.36. The van der Waals surface area contributed by atoms with E-state index in [1.807, 2.05) is 37.4 Å². The van der Waals surface area contributed by atoms with Crippen molar-refractivity contribution in [3.63, 3.8) is 0 Å². The van der Waals surface area contributed by atoms with Gasteiger partial charge in [0.1, 0.15) is 29.3 Å².